The van der Waals surface area contributed by atoms with Crippen LogP contribution in [-0.4, -0.2) is 37.9 Å². The first-order valence-electron chi connectivity index (χ1n) is 7.90. The molecule has 2 rings (SSSR count). The van der Waals surface area contributed by atoms with Crippen LogP contribution in [0.2, 0.25) is 0 Å². The first-order chi connectivity index (χ1) is 12.2. The van der Waals surface area contributed by atoms with Crippen molar-refractivity contribution < 1.29 is 19.1 Å². The molecule has 2 aromatic rings. The molecular weight excluding hydrogens is 338 g/mol. The molecule has 0 radical (unpaired) electrons. The Morgan fingerprint density at radius 3 is 2.44 bits per heavy atom. The number of thioether (sulfide) groups is 1. The van der Waals surface area contributed by atoms with Gasteiger partial charge in [0.2, 0.25) is 0 Å². The van der Waals surface area contributed by atoms with Crippen molar-refractivity contribution in [3.05, 3.63) is 60.2 Å². The van der Waals surface area contributed by atoms with E-state index < -0.39 is 5.97 Å². The molecule has 132 valence electrons. The van der Waals surface area contributed by atoms with Gasteiger partial charge in [-0.3, -0.25) is 9.59 Å². The van der Waals surface area contributed by atoms with Gasteiger partial charge in [0, 0.05) is 17.2 Å². The van der Waals surface area contributed by atoms with Crippen LogP contribution >= 0.6 is 11.8 Å². The zero-order valence-electron chi connectivity index (χ0n) is 14.1. The molecule has 0 heterocycles. The number of rotatable bonds is 9. The Kier molecular flexibility index (Phi) is 7.85. The Labute approximate surface area is 151 Å². The van der Waals surface area contributed by atoms with Gasteiger partial charge in [0.05, 0.1) is 13.5 Å². The minimum absolute atomic E-state index is 0.126. The first kappa shape index (κ1) is 18.9. The zero-order chi connectivity index (χ0) is 17.9. The molecule has 1 amide bonds. The summed E-state index contributed by atoms with van der Waals surface area (Å²) in [5, 5.41) is 2.73. The summed E-state index contributed by atoms with van der Waals surface area (Å²) in [6, 6.07) is 17.1. The molecule has 0 aromatic heterocycles. The summed E-state index contributed by atoms with van der Waals surface area (Å²) in [5.41, 5.74) is 0.811. The summed E-state index contributed by atoms with van der Waals surface area (Å²) in [6.07, 6.45) is 0.126. The van der Waals surface area contributed by atoms with E-state index in [0.717, 1.165) is 22.0 Å². The highest BCUT2D eigenvalue weighted by molar-refractivity contribution is 7.99. The number of ether oxygens (including phenoxy) is 2. The highest BCUT2D eigenvalue weighted by Crippen LogP contribution is 2.15. The molecule has 1 N–H and O–H groups in total. The second-order valence-electron chi connectivity index (χ2n) is 5.20. The minimum atomic E-state index is -0.432. The summed E-state index contributed by atoms with van der Waals surface area (Å²) in [7, 11) is 1.58. The summed E-state index contributed by atoms with van der Waals surface area (Å²) in [6.45, 7) is 0.263. The molecule has 6 heteroatoms. The van der Waals surface area contributed by atoms with E-state index in [4.69, 9.17) is 9.47 Å². The number of esters is 1. The molecule has 0 aliphatic carbocycles. The van der Waals surface area contributed by atoms with Gasteiger partial charge >= 0.3 is 5.97 Å². The lowest BCUT2D eigenvalue weighted by Gasteiger charge is -2.07. The van der Waals surface area contributed by atoms with Crippen molar-refractivity contribution in [2.24, 2.45) is 0 Å². The average Bonchev–Trinajstić information content (AvgIpc) is 2.65. The second-order valence-corrected chi connectivity index (χ2v) is 6.37. The summed E-state index contributed by atoms with van der Waals surface area (Å²) in [4.78, 5) is 24.6. The van der Waals surface area contributed by atoms with Crippen molar-refractivity contribution in [3.63, 3.8) is 0 Å². The molecule has 0 unspecified atom stereocenters. The maximum atomic E-state index is 11.7. The maximum Gasteiger partial charge on any atom is 0.310 e. The molecule has 2 aromatic carbocycles. The monoisotopic (exact) mass is 359 g/mol. The molecule has 0 spiro atoms. The van der Waals surface area contributed by atoms with Gasteiger partial charge in [-0.25, -0.2) is 0 Å². The van der Waals surface area contributed by atoms with Crippen molar-refractivity contribution in [2.75, 3.05) is 26.0 Å². The number of amides is 1. The fourth-order valence-corrected chi connectivity index (χ4v) is 2.82. The van der Waals surface area contributed by atoms with E-state index in [9.17, 15) is 9.59 Å². The number of hydrogen-bond donors (Lipinski definition) is 1. The number of benzene rings is 2. The Bertz CT molecular complexity index is 674. The van der Waals surface area contributed by atoms with E-state index in [0.29, 0.717) is 6.54 Å². The standard InChI is InChI=1S/C19H21NO4S/c1-23-16-9-7-15(8-10-16)13-19(22)24-14-18(21)20-11-12-25-17-5-3-2-4-6-17/h2-10H,11-14H2,1H3,(H,20,21). The molecule has 0 aliphatic rings. The third kappa shape index (κ3) is 7.30. The molecule has 0 saturated heterocycles. The second kappa shape index (κ2) is 10.4. The topological polar surface area (TPSA) is 64.6 Å². The van der Waals surface area contributed by atoms with Gasteiger partial charge in [0.25, 0.3) is 5.91 Å². The number of hydrogen-bond acceptors (Lipinski definition) is 5. The van der Waals surface area contributed by atoms with Crippen molar-refractivity contribution in [3.8, 4) is 5.75 Å². The third-order valence-electron chi connectivity index (χ3n) is 3.31. The van der Waals surface area contributed by atoms with E-state index in [1.54, 1.807) is 43.1 Å². The fraction of sp³-hybridized carbons (Fsp3) is 0.263. The van der Waals surface area contributed by atoms with E-state index in [2.05, 4.69) is 5.32 Å². The van der Waals surface area contributed by atoms with Gasteiger partial charge in [-0.15, -0.1) is 11.8 Å². The summed E-state index contributed by atoms with van der Waals surface area (Å²) in [5.74, 6) is 0.760. The molecule has 25 heavy (non-hydrogen) atoms. The van der Waals surface area contributed by atoms with Crippen molar-refractivity contribution in [1.29, 1.82) is 0 Å². The number of carbonyl (C=O) groups excluding carboxylic acids is 2. The van der Waals surface area contributed by atoms with Crippen molar-refractivity contribution in [2.45, 2.75) is 11.3 Å². The van der Waals surface area contributed by atoms with E-state index >= 15 is 0 Å². The summed E-state index contributed by atoms with van der Waals surface area (Å²) < 4.78 is 10.0. The highest BCUT2D eigenvalue weighted by atomic mass is 32.2. The summed E-state index contributed by atoms with van der Waals surface area (Å²) >= 11 is 1.66. The molecule has 0 saturated carbocycles. The van der Waals surface area contributed by atoms with Crippen LogP contribution in [0.3, 0.4) is 0 Å². The highest BCUT2D eigenvalue weighted by Gasteiger charge is 2.08. The lowest BCUT2D eigenvalue weighted by Crippen LogP contribution is -2.30. The predicted octanol–water partition coefficient (Wildman–Crippen LogP) is 2.69. The molecule has 0 atom stereocenters. The van der Waals surface area contributed by atoms with Crippen LogP contribution in [0.5, 0.6) is 5.75 Å². The normalized spacial score (nSPS) is 10.1. The van der Waals surface area contributed by atoms with Crippen LogP contribution in [0.1, 0.15) is 5.56 Å². The van der Waals surface area contributed by atoms with Gasteiger partial charge < -0.3 is 14.8 Å². The first-order valence-corrected chi connectivity index (χ1v) is 8.89. The Balaban J connectivity index is 1.59. The fourth-order valence-electron chi connectivity index (χ4n) is 2.03. The number of nitrogens with one attached hydrogen (secondary N) is 1. The Hall–Kier alpha value is -2.47. The quantitative estimate of drug-likeness (QED) is 0.424. The SMILES string of the molecule is COc1ccc(CC(=O)OCC(=O)NCCSc2ccccc2)cc1. The molecule has 0 aliphatic heterocycles. The predicted molar refractivity (Wildman–Crippen MR) is 97.8 cm³/mol. The Morgan fingerprint density at radius 1 is 1.04 bits per heavy atom. The van der Waals surface area contributed by atoms with Crippen LogP contribution in [0, 0.1) is 0 Å². The number of methoxy groups -OCH3 is 1. The smallest absolute Gasteiger partial charge is 0.310 e. The number of carbonyl (C=O) groups is 2. The van der Waals surface area contributed by atoms with Gasteiger partial charge in [-0.2, -0.15) is 0 Å². The zero-order valence-corrected chi connectivity index (χ0v) is 14.9. The lowest BCUT2D eigenvalue weighted by atomic mass is 10.1. The van der Waals surface area contributed by atoms with E-state index in [1.165, 1.54) is 0 Å². The maximum absolute atomic E-state index is 11.7. The molecule has 0 fully saturated rings. The van der Waals surface area contributed by atoms with Crippen LogP contribution in [0.25, 0.3) is 0 Å². The van der Waals surface area contributed by atoms with E-state index in [-0.39, 0.29) is 18.9 Å². The lowest BCUT2D eigenvalue weighted by molar-refractivity contribution is -0.147. The van der Waals surface area contributed by atoms with Gasteiger partial charge in [-0.05, 0) is 29.8 Å². The van der Waals surface area contributed by atoms with Crippen LogP contribution < -0.4 is 10.1 Å². The minimum Gasteiger partial charge on any atom is -0.497 e. The van der Waals surface area contributed by atoms with Gasteiger partial charge in [-0.1, -0.05) is 30.3 Å². The molecule has 0 bridgehead atoms. The largest absolute Gasteiger partial charge is 0.497 e. The van der Waals surface area contributed by atoms with Crippen LogP contribution in [0.15, 0.2) is 59.5 Å². The van der Waals surface area contributed by atoms with E-state index in [1.807, 2.05) is 30.3 Å². The van der Waals surface area contributed by atoms with Crippen molar-refractivity contribution in [1.82, 2.24) is 5.32 Å². The average molecular weight is 359 g/mol. The molecule has 5 nitrogen and oxygen atoms in total. The van der Waals surface area contributed by atoms with Crippen molar-refractivity contribution >= 4 is 23.6 Å². The van der Waals surface area contributed by atoms with Crippen LogP contribution in [0.4, 0.5) is 0 Å². The van der Waals surface area contributed by atoms with Gasteiger partial charge in [0.15, 0.2) is 6.61 Å². The Morgan fingerprint density at radius 2 is 1.76 bits per heavy atom. The molecular formula is C19H21NO4S. The van der Waals surface area contributed by atoms with Gasteiger partial charge in [0.1, 0.15) is 5.75 Å². The third-order valence-corrected chi connectivity index (χ3v) is 4.32. The van der Waals surface area contributed by atoms with Crippen LogP contribution in [-0.2, 0) is 20.7 Å².